The zero-order valence-corrected chi connectivity index (χ0v) is 20.4. The number of nitrogens with zero attached hydrogens (tertiary/aromatic N) is 1. The number of hydrogen-bond donors (Lipinski definition) is 3. The Hall–Kier alpha value is -3.86. The Labute approximate surface area is 212 Å². The van der Waals surface area contributed by atoms with Gasteiger partial charge >= 0.3 is 6.09 Å². The van der Waals surface area contributed by atoms with Gasteiger partial charge in [0.1, 0.15) is 12.3 Å². The largest absolute Gasteiger partial charge is 0.482 e. The van der Waals surface area contributed by atoms with Gasteiger partial charge in [-0.3, -0.25) is 14.9 Å². The van der Waals surface area contributed by atoms with E-state index in [2.05, 4.69) is 10.6 Å². The number of methoxy groups -OCH3 is 2. The van der Waals surface area contributed by atoms with Crippen LogP contribution in [0.15, 0.2) is 65.6 Å². The summed E-state index contributed by atoms with van der Waals surface area (Å²) in [5.74, 6) is -0.942. The minimum Gasteiger partial charge on any atom is -0.482 e. The molecule has 10 nitrogen and oxygen atoms in total. The second-order valence-corrected chi connectivity index (χ2v) is 8.06. The van der Waals surface area contributed by atoms with E-state index in [4.69, 9.17) is 25.8 Å². The summed E-state index contributed by atoms with van der Waals surface area (Å²) in [5.41, 5.74) is 0.295. The number of nitrogens with one attached hydrogen (secondary N) is 2. The van der Waals surface area contributed by atoms with Gasteiger partial charge in [0.05, 0.1) is 6.54 Å². The van der Waals surface area contributed by atoms with Gasteiger partial charge in [0.2, 0.25) is 5.43 Å². The molecule has 2 amide bonds. The molecule has 11 heteroatoms. The Morgan fingerprint density at radius 3 is 2.39 bits per heavy atom. The number of rotatable bonds is 11. The molecule has 0 fully saturated rings. The van der Waals surface area contributed by atoms with Crippen LogP contribution in [0.5, 0.6) is 5.75 Å². The van der Waals surface area contributed by atoms with Crippen molar-refractivity contribution in [3.8, 4) is 5.75 Å². The second kappa shape index (κ2) is 12.7. The van der Waals surface area contributed by atoms with E-state index in [-0.39, 0.29) is 36.8 Å². The van der Waals surface area contributed by atoms with Crippen molar-refractivity contribution in [2.45, 2.75) is 26.0 Å². The lowest BCUT2D eigenvalue weighted by atomic mass is 10.2. The zero-order chi connectivity index (χ0) is 26.1. The highest BCUT2D eigenvalue weighted by molar-refractivity contribution is 6.30. The molecular weight excluding hydrogens is 490 g/mol. The summed E-state index contributed by atoms with van der Waals surface area (Å²) in [7, 11) is 2.83. The van der Waals surface area contributed by atoms with E-state index in [9.17, 15) is 19.5 Å². The van der Waals surface area contributed by atoms with Crippen LogP contribution in [-0.2, 0) is 29.2 Å². The van der Waals surface area contributed by atoms with Crippen molar-refractivity contribution in [3.63, 3.8) is 0 Å². The van der Waals surface area contributed by atoms with Gasteiger partial charge in [0.15, 0.2) is 17.7 Å². The Bertz CT molecular complexity index is 1260. The third-order valence-electron chi connectivity index (χ3n) is 5.13. The fourth-order valence-corrected chi connectivity index (χ4v) is 3.62. The molecule has 0 atom stereocenters. The fraction of sp³-hybridized carbons (Fsp3) is 0.240. The van der Waals surface area contributed by atoms with E-state index >= 15 is 0 Å². The number of hydrogen-bond acceptors (Lipinski definition) is 6. The molecule has 0 bridgehead atoms. The highest BCUT2D eigenvalue weighted by atomic mass is 35.5. The van der Waals surface area contributed by atoms with Gasteiger partial charge in [-0.1, -0.05) is 54.1 Å². The van der Waals surface area contributed by atoms with E-state index in [0.29, 0.717) is 5.02 Å². The maximum atomic E-state index is 13.4. The molecule has 0 saturated heterocycles. The molecule has 190 valence electrons. The average Bonchev–Trinajstić information content (AvgIpc) is 2.86. The van der Waals surface area contributed by atoms with Crippen molar-refractivity contribution in [2.24, 2.45) is 0 Å². The van der Waals surface area contributed by atoms with Crippen LogP contribution in [0.1, 0.15) is 21.6 Å². The molecule has 0 radical (unpaired) electrons. The molecule has 3 rings (SSSR count). The minimum atomic E-state index is -1.44. The molecule has 0 spiro atoms. The van der Waals surface area contributed by atoms with Crippen LogP contribution in [0.4, 0.5) is 10.5 Å². The number of carbonyl (C=O) groups excluding carboxylic acids is 1. The van der Waals surface area contributed by atoms with Gasteiger partial charge in [-0.25, -0.2) is 4.79 Å². The van der Waals surface area contributed by atoms with Crippen LogP contribution in [-0.4, -0.2) is 42.2 Å². The lowest BCUT2D eigenvalue weighted by Crippen LogP contribution is -2.33. The van der Waals surface area contributed by atoms with E-state index in [0.717, 1.165) is 11.1 Å². The lowest BCUT2D eigenvalue weighted by Gasteiger charge is -2.22. The van der Waals surface area contributed by atoms with Gasteiger partial charge in [-0.15, -0.1) is 0 Å². The monoisotopic (exact) mass is 515 g/mol. The summed E-state index contributed by atoms with van der Waals surface area (Å²) in [6.07, 6.45) is -1.03. The zero-order valence-electron chi connectivity index (χ0n) is 19.7. The maximum Gasteiger partial charge on any atom is 0.409 e. The summed E-state index contributed by atoms with van der Waals surface area (Å²) in [5, 5.41) is 14.6. The van der Waals surface area contributed by atoms with Gasteiger partial charge in [0.25, 0.3) is 5.91 Å². The van der Waals surface area contributed by atoms with E-state index in [1.54, 1.807) is 48.5 Å². The van der Waals surface area contributed by atoms with Crippen LogP contribution in [0.25, 0.3) is 0 Å². The first kappa shape index (κ1) is 26.7. The third-order valence-corrected chi connectivity index (χ3v) is 5.37. The standard InChI is InChI=1S/C25H26ClN3O7/c1-34-20(35-2)14-29-13-19(28-25(32)33)22(30)23(36-15-16-7-4-3-5-8-16)21(29)24(31)27-12-17-9-6-10-18(26)11-17/h3-11,13,20,28H,12,14-15H2,1-2H3,(H,27,31)(H,32,33). The van der Waals surface area contributed by atoms with E-state index in [1.165, 1.54) is 25.0 Å². The number of benzene rings is 2. The quantitative estimate of drug-likeness (QED) is 0.332. The van der Waals surface area contributed by atoms with Crippen molar-refractivity contribution >= 4 is 29.3 Å². The number of aromatic nitrogens is 1. The molecule has 0 aliphatic carbocycles. The molecule has 3 N–H and O–H groups in total. The highest BCUT2D eigenvalue weighted by Crippen LogP contribution is 2.21. The molecule has 0 aliphatic rings. The maximum absolute atomic E-state index is 13.4. The van der Waals surface area contributed by atoms with Crippen molar-refractivity contribution in [1.29, 1.82) is 0 Å². The smallest absolute Gasteiger partial charge is 0.409 e. The second-order valence-electron chi connectivity index (χ2n) is 7.62. The normalized spacial score (nSPS) is 10.8. The summed E-state index contributed by atoms with van der Waals surface area (Å²) < 4.78 is 17.7. The Morgan fingerprint density at radius 2 is 1.75 bits per heavy atom. The van der Waals surface area contributed by atoms with E-state index < -0.39 is 23.7 Å². The van der Waals surface area contributed by atoms with Gasteiger partial charge < -0.3 is 29.2 Å². The van der Waals surface area contributed by atoms with Crippen molar-refractivity contribution < 1.29 is 28.9 Å². The minimum absolute atomic E-state index is 0.0286. The molecule has 36 heavy (non-hydrogen) atoms. The third kappa shape index (κ3) is 7.08. The first-order valence-electron chi connectivity index (χ1n) is 10.8. The number of carbonyl (C=O) groups is 2. The predicted octanol–water partition coefficient (Wildman–Crippen LogP) is 3.72. The lowest BCUT2D eigenvalue weighted by molar-refractivity contribution is -0.111. The number of ether oxygens (including phenoxy) is 3. The topological polar surface area (TPSA) is 128 Å². The van der Waals surface area contributed by atoms with Crippen molar-refractivity contribution in [2.75, 3.05) is 19.5 Å². The number of pyridine rings is 1. The SMILES string of the molecule is COC(Cn1cc(NC(=O)O)c(=O)c(OCc2ccccc2)c1C(=O)NCc1cccc(Cl)c1)OC. The molecule has 0 saturated carbocycles. The molecule has 2 aromatic carbocycles. The van der Waals surface area contributed by atoms with Gasteiger partial charge in [-0.2, -0.15) is 0 Å². The highest BCUT2D eigenvalue weighted by Gasteiger charge is 2.25. The number of anilines is 1. The van der Waals surface area contributed by atoms with Crippen LogP contribution in [0.2, 0.25) is 5.02 Å². The van der Waals surface area contributed by atoms with E-state index in [1.807, 2.05) is 6.07 Å². The van der Waals surface area contributed by atoms with Crippen LogP contribution < -0.4 is 20.8 Å². The molecule has 0 aliphatic heterocycles. The van der Waals surface area contributed by atoms with Crippen LogP contribution in [0.3, 0.4) is 0 Å². The number of halogens is 1. The first-order chi connectivity index (χ1) is 17.3. The summed E-state index contributed by atoms with van der Waals surface area (Å²) in [6, 6.07) is 16.0. The summed E-state index contributed by atoms with van der Waals surface area (Å²) in [6.45, 7) is 0.0567. The molecular formula is C25H26ClN3O7. The Balaban J connectivity index is 2.06. The number of carboxylic acid groups (broad SMARTS) is 1. The molecule has 0 unspecified atom stereocenters. The van der Waals surface area contributed by atoms with Crippen molar-refractivity contribution in [1.82, 2.24) is 9.88 Å². The molecule has 1 heterocycles. The number of amides is 2. The fourth-order valence-electron chi connectivity index (χ4n) is 3.40. The van der Waals surface area contributed by atoms with Crippen LogP contribution >= 0.6 is 11.6 Å². The summed E-state index contributed by atoms with van der Waals surface area (Å²) in [4.78, 5) is 37.9. The average molecular weight is 516 g/mol. The molecule has 3 aromatic rings. The van der Waals surface area contributed by atoms with Crippen LogP contribution in [0, 0.1) is 0 Å². The van der Waals surface area contributed by atoms with Gasteiger partial charge in [-0.05, 0) is 23.3 Å². The first-order valence-corrected chi connectivity index (χ1v) is 11.2. The Morgan fingerprint density at radius 1 is 1.06 bits per heavy atom. The molecule has 1 aromatic heterocycles. The summed E-state index contributed by atoms with van der Waals surface area (Å²) >= 11 is 6.04. The Kier molecular flexibility index (Phi) is 9.46. The predicted molar refractivity (Wildman–Crippen MR) is 134 cm³/mol. The van der Waals surface area contributed by atoms with Crippen molar-refractivity contribution in [3.05, 3.63) is 92.9 Å². The van der Waals surface area contributed by atoms with Gasteiger partial charge in [0, 0.05) is 32.0 Å².